The maximum absolute atomic E-state index is 13.6. The van der Waals surface area contributed by atoms with Crippen molar-refractivity contribution in [3.8, 4) is 11.4 Å². The second-order valence-electron chi connectivity index (χ2n) is 11.7. The number of fused-ring (bicyclic) bond motifs is 1. The van der Waals surface area contributed by atoms with Gasteiger partial charge < -0.3 is 15.1 Å². The van der Waals surface area contributed by atoms with Crippen LogP contribution in [0.5, 0.6) is 0 Å². The summed E-state index contributed by atoms with van der Waals surface area (Å²) in [5, 5.41) is 3.58. The number of carbonyl (C=O) groups excluding carboxylic acids is 1. The second-order valence-corrected chi connectivity index (χ2v) is 11.7. The molecule has 0 spiro atoms. The van der Waals surface area contributed by atoms with Crippen molar-refractivity contribution in [1.82, 2.24) is 20.2 Å². The number of hydrogen-bond donors (Lipinski definition) is 1. The highest BCUT2D eigenvalue weighted by Crippen LogP contribution is 2.55. The molecule has 178 valence electrons. The molecule has 1 aromatic carbocycles. The van der Waals surface area contributed by atoms with E-state index in [2.05, 4.69) is 22.3 Å². The van der Waals surface area contributed by atoms with E-state index in [1.54, 1.807) is 0 Å². The quantitative estimate of drug-likeness (QED) is 0.721. The molecule has 2 amide bonds. The van der Waals surface area contributed by atoms with Gasteiger partial charge in [0.25, 0.3) is 0 Å². The number of benzene rings is 1. The first kappa shape index (κ1) is 20.7. The zero-order valence-corrected chi connectivity index (χ0v) is 20.0. The zero-order chi connectivity index (χ0) is 22.7. The fraction of sp³-hybridized carbons (Fsp3) is 0.607. The summed E-state index contributed by atoms with van der Waals surface area (Å²) in [5.74, 6) is 4.36. The van der Waals surface area contributed by atoms with Gasteiger partial charge in [0.15, 0.2) is 5.82 Å². The van der Waals surface area contributed by atoms with E-state index in [1.165, 1.54) is 51.4 Å². The Bertz CT molecular complexity index is 1060. The van der Waals surface area contributed by atoms with Gasteiger partial charge in [0, 0.05) is 42.7 Å². The van der Waals surface area contributed by atoms with E-state index in [0.29, 0.717) is 6.54 Å². The van der Waals surface area contributed by atoms with Gasteiger partial charge in [0.05, 0.1) is 12.2 Å². The Morgan fingerprint density at radius 3 is 2.26 bits per heavy atom. The molecule has 1 aromatic heterocycles. The number of amides is 2. The van der Waals surface area contributed by atoms with Gasteiger partial charge in [-0.25, -0.2) is 14.8 Å². The molecule has 4 aliphatic carbocycles. The van der Waals surface area contributed by atoms with Gasteiger partial charge in [-0.15, -0.1) is 0 Å². The Balaban J connectivity index is 1.16. The van der Waals surface area contributed by atoms with E-state index in [9.17, 15) is 4.79 Å². The number of hydrogen-bond acceptors (Lipinski definition) is 4. The third kappa shape index (κ3) is 3.57. The summed E-state index contributed by atoms with van der Waals surface area (Å²) in [6.07, 6.45) is 11.0. The predicted molar refractivity (Wildman–Crippen MR) is 132 cm³/mol. The molecule has 2 aliphatic heterocycles. The van der Waals surface area contributed by atoms with Crippen molar-refractivity contribution in [2.24, 2.45) is 17.8 Å². The smallest absolute Gasteiger partial charge is 0.318 e. The fourth-order valence-corrected chi connectivity index (χ4v) is 8.05. The molecule has 1 saturated heterocycles. The van der Waals surface area contributed by atoms with Gasteiger partial charge in [-0.2, -0.15) is 0 Å². The molecule has 4 saturated carbocycles. The standard InChI is InChI=1S/C28H35N5O/c34-27(31-28-15-19-12-20(16-28)14-21(13-19)17-28)33-11-8-24-23(18-33)26(32-9-4-5-10-32)30-25(29-24)22-6-2-1-3-7-22/h1-3,6-7,19-21H,4-5,8-18H2,(H,31,34). The molecule has 0 atom stereocenters. The highest BCUT2D eigenvalue weighted by atomic mass is 16.2. The van der Waals surface area contributed by atoms with Crippen LogP contribution in [0.1, 0.15) is 62.6 Å². The maximum atomic E-state index is 13.6. The molecular formula is C28H35N5O. The SMILES string of the molecule is O=C(NC12CC3CC(CC(C3)C1)C2)N1CCc2nc(-c3ccccc3)nc(N3CCCC3)c2C1. The van der Waals surface area contributed by atoms with Crippen molar-refractivity contribution in [1.29, 1.82) is 0 Å². The Hall–Kier alpha value is -2.63. The number of nitrogens with one attached hydrogen (secondary N) is 1. The number of urea groups is 1. The normalized spacial score (nSPS) is 31.6. The average molecular weight is 458 g/mol. The average Bonchev–Trinajstić information content (AvgIpc) is 3.37. The topological polar surface area (TPSA) is 61.4 Å². The molecule has 2 aromatic rings. The Kier molecular flexibility index (Phi) is 4.85. The highest BCUT2D eigenvalue weighted by Gasteiger charge is 2.52. The van der Waals surface area contributed by atoms with Crippen LogP contribution < -0.4 is 10.2 Å². The van der Waals surface area contributed by atoms with Crippen molar-refractivity contribution < 1.29 is 4.79 Å². The van der Waals surface area contributed by atoms with Crippen LogP contribution in [-0.2, 0) is 13.0 Å². The van der Waals surface area contributed by atoms with E-state index in [-0.39, 0.29) is 11.6 Å². The van der Waals surface area contributed by atoms with Gasteiger partial charge in [-0.1, -0.05) is 30.3 Å². The molecule has 34 heavy (non-hydrogen) atoms. The maximum Gasteiger partial charge on any atom is 0.318 e. The number of carbonyl (C=O) groups is 1. The van der Waals surface area contributed by atoms with Crippen molar-refractivity contribution in [2.45, 2.75) is 69.9 Å². The predicted octanol–water partition coefficient (Wildman–Crippen LogP) is 4.78. The summed E-state index contributed by atoms with van der Waals surface area (Å²) < 4.78 is 0. The van der Waals surface area contributed by atoms with Crippen LogP contribution in [0.15, 0.2) is 30.3 Å². The van der Waals surface area contributed by atoms with E-state index in [1.807, 2.05) is 23.1 Å². The summed E-state index contributed by atoms with van der Waals surface area (Å²) >= 11 is 0. The molecule has 6 aliphatic rings. The Morgan fingerprint density at radius 1 is 0.912 bits per heavy atom. The van der Waals surface area contributed by atoms with Gasteiger partial charge in [0.1, 0.15) is 5.82 Å². The van der Waals surface area contributed by atoms with Crippen molar-refractivity contribution in [3.05, 3.63) is 41.6 Å². The van der Waals surface area contributed by atoms with Gasteiger partial charge in [-0.3, -0.25) is 0 Å². The third-order valence-corrected chi connectivity index (χ3v) is 9.17. The third-order valence-electron chi connectivity index (χ3n) is 9.17. The number of anilines is 1. The first-order valence-corrected chi connectivity index (χ1v) is 13.4. The van der Waals surface area contributed by atoms with Crippen LogP contribution in [0.2, 0.25) is 0 Å². The summed E-state index contributed by atoms with van der Waals surface area (Å²) in [6, 6.07) is 10.4. The largest absolute Gasteiger partial charge is 0.356 e. The molecule has 4 bridgehead atoms. The van der Waals surface area contributed by atoms with Crippen LogP contribution >= 0.6 is 0 Å². The number of aromatic nitrogens is 2. The van der Waals surface area contributed by atoms with Crippen LogP contribution in [0.25, 0.3) is 11.4 Å². The molecular weight excluding hydrogens is 422 g/mol. The minimum atomic E-state index is 0.0531. The van der Waals surface area contributed by atoms with Gasteiger partial charge in [-0.05, 0) is 69.1 Å². The summed E-state index contributed by atoms with van der Waals surface area (Å²) in [7, 11) is 0. The molecule has 1 N–H and O–H groups in total. The Morgan fingerprint density at radius 2 is 1.59 bits per heavy atom. The van der Waals surface area contributed by atoms with Gasteiger partial charge >= 0.3 is 6.03 Å². The highest BCUT2D eigenvalue weighted by molar-refractivity contribution is 5.76. The second kappa shape index (κ2) is 7.96. The molecule has 0 unspecified atom stereocenters. The van der Waals surface area contributed by atoms with Crippen LogP contribution in [0.4, 0.5) is 10.6 Å². The van der Waals surface area contributed by atoms with Crippen molar-refractivity contribution >= 4 is 11.8 Å². The minimum absolute atomic E-state index is 0.0531. The van der Waals surface area contributed by atoms with E-state index >= 15 is 0 Å². The van der Waals surface area contributed by atoms with Crippen LogP contribution in [0, 0.1) is 17.8 Å². The lowest BCUT2D eigenvalue weighted by molar-refractivity contribution is -0.0159. The fourth-order valence-electron chi connectivity index (χ4n) is 8.05. The first-order chi connectivity index (χ1) is 16.6. The molecule has 5 fully saturated rings. The van der Waals surface area contributed by atoms with E-state index < -0.39 is 0 Å². The lowest BCUT2D eigenvalue weighted by Crippen LogP contribution is -2.62. The molecule has 8 rings (SSSR count). The zero-order valence-electron chi connectivity index (χ0n) is 20.0. The minimum Gasteiger partial charge on any atom is -0.356 e. The van der Waals surface area contributed by atoms with Crippen molar-refractivity contribution in [2.75, 3.05) is 24.5 Å². The van der Waals surface area contributed by atoms with Crippen LogP contribution in [-0.4, -0.2) is 46.1 Å². The first-order valence-electron chi connectivity index (χ1n) is 13.4. The number of nitrogens with zero attached hydrogens (tertiary/aromatic N) is 4. The van der Waals surface area contributed by atoms with Gasteiger partial charge in [0.2, 0.25) is 0 Å². The summed E-state index contributed by atoms with van der Waals surface area (Å²) in [4.78, 5) is 28.1. The summed E-state index contributed by atoms with van der Waals surface area (Å²) in [6.45, 7) is 3.43. The molecule has 6 heteroatoms. The molecule has 3 heterocycles. The van der Waals surface area contributed by atoms with Crippen molar-refractivity contribution in [3.63, 3.8) is 0 Å². The van der Waals surface area contributed by atoms with E-state index in [4.69, 9.17) is 9.97 Å². The Labute approximate surface area is 202 Å². The number of rotatable bonds is 3. The monoisotopic (exact) mass is 457 g/mol. The van der Waals surface area contributed by atoms with E-state index in [0.717, 1.165) is 72.3 Å². The summed E-state index contributed by atoms with van der Waals surface area (Å²) in [5.41, 5.74) is 3.40. The van der Waals surface area contributed by atoms with Crippen LogP contribution in [0.3, 0.4) is 0 Å². The lowest BCUT2D eigenvalue weighted by atomic mass is 9.53. The molecule has 0 radical (unpaired) electrons. The molecule has 6 nitrogen and oxygen atoms in total. The lowest BCUT2D eigenvalue weighted by Gasteiger charge is -2.57.